The average molecular weight is 234 g/mol. The Morgan fingerprint density at radius 1 is 0.778 bits per heavy atom. The standard InChI is InChI=1S/C16H15BO/c1-11-12-7-3-5-9-14(12)16(17(2)18)15-10-6-4-8-13(11)15/h3-10,18H,1-2H3. The highest BCUT2D eigenvalue weighted by Gasteiger charge is 2.16. The number of hydrogen-bond acceptors (Lipinski definition) is 1. The molecule has 0 unspecified atom stereocenters. The highest BCUT2D eigenvalue weighted by Crippen LogP contribution is 2.26. The molecule has 0 saturated heterocycles. The lowest BCUT2D eigenvalue weighted by Gasteiger charge is -2.15. The number of fused-ring (bicyclic) bond motifs is 2. The molecule has 0 fully saturated rings. The first-order chi connectivity index (χ1) is 8.70. The van der Waals surface area contributed by atoms with Gasteiger partial charge in [0.15, 0.2) is 0 Å². The van der Waals surface area contributed by atoms with Gasteiger partial charge in [0.1, 0.15) is 0 Å². The predicted molar refractivity (Wildman–Crippen MR) is 79.7 cm³/mol. The van der Waals surface area contributed by atoms with E-state index in [1.165, 1.54) is 16.3 Å². The normalized spacial score (nSPS) is 11.1. The van der Waals surface area contributed by atoms with Crippen molar-refractivity contribution in [3.05, 3.63) is 54.1 Å². The number of rotatable bonds is 1. The van der Waals surface area contributed by atoms with E-state index in [0.29, 0.717) is 0 Å². The van der Waals surface area contributed by atoms with Crippen LogP contribution >= 0.6 is 0 Å². The molecule has 0 aliphatic heterocycles. The first kappa shape index (κ1) is 11.3. The van der Waals surface area contributed by atoms with Crippen LogP contribution < -0.4 is 5.46 Å². The topological polar surface area (TPSA) is 20.2 Å². The van der Waals surface area contributed by atoms with E-state index < -0.39 is 6.92 Å². The van der Waals surface area contributed by atoms with Crippen molar-refractivity contribution in [2.24, 2.45) is 0 Å². The van der Waals surface area contributed by atoms with Gasteiger partial charge in [0, 0.05) is 0 Å². The van der Waals surface area contributed by atoms with Gasteiger partial charge in [-0.2, -0.15) is 0 Å². The van der Waals surface area contributed by atoms with E-state index in [-0.39, 0.29) is 0 Å². The molecule has 18 heavy (non-hydrogen) atoms. The lowest BCUT2D eigenvalue weighted by Crippen LogP contribution is -2.28. The summed E-state index contributed by atoms with van der Waals surface area (Å²) < 4.78 is 0. The molecule has 0 bridgehead atoms. The van der Waals surface area contributed by atoms with E-state index in [9.17, 15) is 5.02 Å². The van der Waals surface area contributed by atoms with E-state index in [0.717, 1.165) is 16.2 Å². The summed E-state index contributed by atoms with van der Waals surface area (Å²) in [7, 11) is 0. The van der Waals surface area contributed by atoms with Crippen LogP contribution in [-0.4, -0.2) is 11.9 Å². The summed E-state index contributed by atoms with van der Waals surface area (Å²) in [6.45, 7) is 3.53. The predicted octanol–water partition coefficient (Wildman–Crippen LogP) is 3.12. The molecule has 0 saturated carbocycles. The Bertz CT molecular complexity index is 675. The van der Waals surface area contributed by atoms with Gasteiger partial charge in [0.25, 0.3) is 0 Å². The summed E-state index contributed by atoms with van der Waals surface area (Å²) in [4.78, 5) is 0. The van der Waals surface area contributed by atoms with Gasteiger partial charge in [0.2, 0.25) is 0 Å². The molecular formula is C16H15BO. The Labute approximate surface area is 107 Å². The third kappa shape index (κ3) is 1.53. The molecule has 3 aromatic rings. The first-order valence-corrected chi connectivity index (χ1v) is 6.28. The third-order valence-electron chi connectivity index (χ3n) is 3.66. The maximum Gasteiger partial charge on any atom is 0.321 e. The van der Waals surface area contributed by atoms with Gasteiger partial charge in [-0.25, -0.2) is 0 Å². The molecule has 3 aromatic carbocycles. The van der Waals surface area contributed by atoms with Gasteiger partial charge >= 0.3 is 6.92 Å². The van der Waals surface area contributed by atoms with Crippen LogP contribution in [0.4, 0.5) is 0 Å². The fourth-order valence-electron chi connectivity index (χ4n) is 2.83. The van der Waals surface area contributed by atoms with Crippen LogP contribution in [0.3, 0.4) is 0 Å². The summed E-state index contributed by atoms with van der Waals surface area (Å²) in [6, 6.07) is 16.6. The molecule has 1 N–H and O–H groups in total. The minimum atomic E-state index is -0.458. The molecule has 2 heteroatoms. The second kappa shape index (κ2) is 4.15. The highest BCUT2D eigenvalue weighted by atomic mass is 16.2. The van der Waals surface area contributed by atoms with E-state index in [1.54, 1.807) is 0 Å². The van der Waals surface area contributed by atoms with Gasteiger partial charge in [0.05, 0.1) is 0 Å². The summed E-state index contributed by atoms with van der Waals surface area (Å²) in [5.41, 5.74) is 2.32. The minimum Gasteiger partial charge on any atom is -0.446 e. The molecule has 0 radical (unpaired) electrons. The Hall–Kier alpha value is -1.80. The number of hydrogen-bond donors (Lipinski definition) is 1. The number of aryl methyl sites for hydroxylation is 1. The smallest absolute Gasteiger partial charge is 0.321 e. The fourth-order valence-corrected chi connectivity index (χ4v) is 2.83. The molecule has 0 atom stereocenters. The van der Waals surface area contributed by atoms with Crippen LogP contribution in [0.2, 0.25) is 6.82 Å². The van der Waals surface area contributed by atoms with Crippen LogP contribution in [0.5, 0.6) is 0 Å². The SMILES string of the molecule is CB(O)c1c2ccccc2c(C)c2ccccc12. The van der Waals surface area contributed by atoms with Crippen molar-refractivity contribution in [3.63, 3.8) is 0 Å². The van der Waals surface area contributed by atoms with Crippen molar-refractivity contribution >= 4 is 33.9 Å². The minimum absolute atomic E-state index is 0.458. The summed E-state index contributed by atoms with van der Waals surface area (Å²) >= 11 is 0. The van der Waals surface area contributed by atoms with Gasteiger partial charge < -0.3 is 5.02 Å². The Morgan fingerprint density at radius 3 is 1.56 bits per heavy atom. The zero-order chi connectivity index (χ0) is 12.7. The maximum absolute atomic E-state index is 10.1. The van der Waals surface area contributed by atoms with Crippen LogP contribution in [0.25, 0.3) is 21.5 Å². The van der Waals surface area contributed by atoms with E-state index in [4.69, 9.17) is 0 Å². The molecule has 88 valence electrons. The quantitative estimate of drug-likeness (QED) is 0.506. The molecule has 0 amide bonds. The molecule has 0 aromatic heterocycles. The van der Waals surface area contributed by atoms with Gasteiger partial charge in [-0.15, -0.1) is 0 Å². The maximum atomic E-state index is 10.1. The van der Waals surface area contributed by atoms with Crippen LogP contribution in [0.15, 0.2) is 48.5 Å². The van der Waals surface area contributed by atoms with Crippen LogP contribution in [0, 0.1) is 6.92 Å². The summed E-state index contributed by atoms with van der Waals surface area (Å²) in [6.07, 6.45) is 0. The zero-order valence-corrected chi connectivity index (χ0v) is 10.6. The Balaban J connectivity index is 2.63. The highest BCUT2D eigenvalue weighted by molar-refractivity contribution is 6.70. The molecule has 0 heterocycles. The Morgan fingerprint density at radius 2 is 1.17 bits per heavy atom. The largest absolute Gasteiger partial charge is 0.446 e. The van der Waals surface area contributed by atoms with Crippen molar-refractivity contribution in [2.45, 2.75) is 13.7 Å². The lowest BCUT2D eigenvalue weighted by molar-refractivity contribution is 0.594. The second-order valence-electron chi connectivity index (χ2n) is 4.81. The number of benzene rings is 3. The monoisotopic (exact) mass is 234 g/mol. The van der Waals surface area contributed by atoms with Gasteiger partial charge in [-0.3, -0.25) is 0 Å². The Kier molecular flexibility index (Phi) is 2.60. The van der Waals surface area contributed by atoms with Crippen LogP contribution in [-0.2, 0) is 0 Å². The average Bonchev–Trinajstić information content (AvgIpc) is 2.39. The van der Waals surface area contributed by atoms with Crippen molar-refractivity contribution in [1.82, 2.24) is 0 Å². The van der Waals surface area contributed by atoms with Crippen molar-refractivity contribution < 1.29 is 5.02 Å². The first-order valence-electron chi connectivity index (χ1n) is 6.28. The molecule has 0 spiro atoms. The van der Waals surface area contributed by atoms with Crippen molar-refractivity contribution in [1.29, 1.82) is 0 Å². The third-order valence-corrected chi connectivity index (χ3v) is 3.66. The van der Waals surface area contributed by atoms with Crippen molar-refractivity contribution in [2.75, 3.05) is 0 Å². The molecule has 0 aliphatic carbocycles. The van der Waals surface area contributed by atoms with E-state index in [1.807, 2.05) is 19.0 Å². The van der Waals surface area contributed by atoms with Crippen molar-refractivity contribution in [3.8, 4) is 0 Å². The van der Waals surface area contributed by atoms with Gasteiger partial charge in [-0.1, -0.05) is 55.4 Å². The van der Waals surface area contributed by atoms with Gasteiger partial charge in [-0.05, 0) is 39.5 Å². The molecular weight excluding hydrogens is 219 g/mol. The van der Waals surface area contributed by atoms with E-state index in [2.05, 4.69) is 43.3 Å². The summed E-state index contributed by atoms with van der Waals surface area (Å²) in [5, 5.41) is 14.9. The summed E-state index contributed by atoms with van der Waals surface area (Å²) in [5.74, 6) is 0. The molecule has 1 nitrogen and oxygen atoms in total. The second-order valence-corrected chi connectivity index (χ2v) is 4.81. The molecule has 3 rings (SSSR count). The van der Waals surface area contributed by atoms with E-state index >= 15 is 0 Å². The zero-order valence-electron chi connectivity index (χ0n) is 10.6. The van der Waals surface area contributed by atoms with Crippen LogP contribution in [0.1, 0.15) is 5.56 Å². The fraction of sp³-hybridized carbons (Fsp3) is 0.125. The lowest BCUT2D eigenvalue weighted by atomic mass is 9.61. The molecule has 0 aliphatic rings.